The summed E-state index contributed by atoms with van der Waals surface area (Å²) in [5.74, 6) is 1.11. The van der Waals surface area contributed by atoms with Crippen molar-refractivity contribution in [2.24, 2.45) is 0 Å². The molecular weight excluding hydrogens is 683 g/mol. The number of unbranched alkanes of at least 4 members (excludes halogenated alkanes) is 1. The van der Waals surface area contributed by atoms with E-state index in [1.165, 1.54) is 5.56 Å². The molecule has 1 N–H and O–H groups in total. The van der Waals surface area contributed by atoms with Crippen molar-refractivity contribution in [2.75, 3.05) is 49.7 Å². The van der Waals surface area contributed by atoms with Gasteiger partial charge in [0.1, 0.15) is 12.4 Å². The summed E-state index contributed by atoms with van der Waals surface area (Å²) in [6, 6.07) is 24.1. The number of hydrogen-bond donors (Lipinski definition) is 1. The topological polar surface area (TPSA) is 90.0 Å². The number of ether oxygens (including phenoxy) is 3. The first-order chi connectivity index (χ1) is 25.9. The Hall–Kier alpha value is -4.31. The molecule has 0 radical (unpaired) electrons. The Morgan fingerprint density at radius 2 is 1.79 bits per heavy atom. The SMILES string of the molecule is CCCCOCCOc1ccc(-c2ccc3c(c2)C=C(C(=O)Nc2ccc([S@@](=O)Cc4c(CC)ccnc4C)cc2)CCCN3C[C@@H]2CCCO2)cc1. The summed E-state index contributed by atoms with van der Waals surface area (Å²) in [5, 5.41) is 3.11. The third-order valence-electron chi connectivity index (χ3n) is 10.0. The van der Waals surface area contributed by atoms with Crippen LogP contribution in [0.15, 0.2) is 89.5 Å². The molecule has 3 heterocycles. The molecule has 0 bridgehead atoms. The van der Waals surface area contributed by atoms with Gasteiger partial charge in [0.15, 0.2) is 0 Å². The number of aromatic nitrogens is 1. The van der Waals surface area contributed by atoms with Crippen molar-refractivity contribution in [1.29, 1.82) is 0 Å². The van der Waals surface area contributed by atoms with E-state index >= 15 is 0 Å². The zero-order chi connectivity index (χ0) is 37.0. The maximum Gasteiger partial charge on any atom is 0.251 e. The summed E-state index contributed by atoms with van der Waals surface area (Å²) in [7, 11) is -1.23. The Morgan fingerprint density at radius 3 is 2.55 bits per heavy atom. The molecule has 9 heteroatoms. The van der Waals surface area contributed by atoms with Crippen LogP contribution in [0.2, 0.25) is 0 Å². The Bertz CT molecular complexity index is 1870. The Labute approximate surface area is 317 Å². The van der Waals surface area contributed by atoms with Crippen LogP contribution < -0.4 is 15.0 Å². The largest absolute Gasteiger partial charge is 0.491 e. The second-order valence-corrected chi connectivity index (χ2v) is 15.3. The number of benzene rings is 3. The van der Waals surface area contributed by atoms with E-state index in [0.717, 1.165) is 115 Å². The van der Waals surface area contributed by atoms with Gasteiger partial charge in [-0.15, -0.1) is 0 Å². The summed E-state index contributed by atoms with van der Waals surface area (Å²) in [5.41, 5.74) is 8.82. The van der Waals surface area contributed by atoms with Crippen LogP contribution in [0.5, 0.6) is 5.75 Å². The quantitative estimate of drug-likeness (QED) is 0.115. The van der Waals surface area contributed by atoms with Gasteiger partial charge in [-0.25, -0.2) is 0 Å². The zero-order valence-electron chi connectivity index (χ0n) is 31.4. The van der Waals surface area contributed by atoms with Crippen molar-refractivity contribution in [3.63, 3.8) is 0 Å². The Kier molecular flexibility index (Phi) is 13.9. The molecule has 280 valence electrons. The molecule has 0 saturated carbocycles. The van der Waals surface area contributed by atoms with Crippen molar-refractivity contribution in [3.05, 3.63) is 107 Å². The van der Waals surface area contributed by atoms with E-state index < -0.39 is 10.8 Å². The van der Waals surface area contributed by atoms with E-state index in [-0.39, 0.29) is 12.0 Å². The lowest BCUT2D eigenvalue weighted by Gasteiger charge is -2.31. The second-order valence-electron chi connectivity index (χ2n) is 13.8. The first-order valence-corrected chi connectivity index (χ1v) is 20.5. The average Bonchev–Trinajstić information content (AvgIpc) is 3.69. The maximum atomic E-state index is 13.8. The molecule has 3 aromatic carbocycles. The minimum Gasteiger partial charge on any atom is -0.491 e. The van der Waals surface area contributed by atoms with Crippen molar-refractivity contribution < 1.29 is 23.2 Å². The monoisotopic (exact) mass is 735 g/mol. The molecule has 6 rings (SSSR count). The highest BCUT2D eigenvalue weighted by Crippen LogP contribution is 2.34. The summed E-state index contributed by atoms with van der Waals surface area (Å²) in [4.78, 5) is 21.4. The molecule has 1 amide bonds. The van der Waals surface area contributed by atoms with Gasteiger partial charge in [0.2, 0.25) is 0 Å². The van der Waals surface area contributed by atoms with Gasteiger partial charge in [0, 0.05) is 60.0 Å². The molecule has 2 atom stereocenters. The highest BCUT2D eigenvalue weighted by molar-refractivity contribution is 7.84. The lowest BCUT2D eigenvalue weighted by atomic mass is 9.96. The molecule has 0 aliphatic carbocycles. The average molecular weight is 736 g/mol. The van der Waals surface area contributed by atoms with Crippen molar-refractivity contribution in [1.82, 2.24) is 4.98 Å². The minimum absolute atomic E-state index is 0.124. The van der Waals surface area contributed by atoms with Crippen LogP contribution in [-0.2, 0) is 37.2 Å². The van der Waals surface area contributed by atoms with Gasteiger partial charge in [-0.1, -0.05) is 38.5 Å². The summed E-state index contributed by atoms with van der Waals surface area (Å²) in [6.45, 7) is 10.6. The fourth-order valence-electron chi connectivity index (χ4n) is 6.99. The molecule has 0 spiro atoms. The molecule has 1 saturated heterocycles. The Balaban J connectivity index is 1.18. The molecule has 1 aromatic heterocycles. The molecule has 2 aliphatic heterocycles. The number of hydrogen-bond acceptors (Lipinski definition) is 7. The van der Waals surface area contributed by atoms with Gasteiger partial charge >= 0.3 is 0 Å². The van der Waals surface area contributed by atoms with Gasteiger partial charge < -0.3 is 24.4 Å². The number of aryl methyl sites for hydroxylation is 2. The number of nitrogens with zero attached hydrogens (tertiary/aromatic N) is 2. The van der Waals surface area contributed by atoms with Crippen LogP contribution in [0.4, 0.5) is 11.4 Å². The molecular formula is C44H53N3O5S. The van der Waals surface area contributed by atoms with Crippen LogP contribution in [0.1, 0.15) is 74.8 Å². The van der Waals surface area contributed by atoms with Gasteiger partial charge in [0.05, 0.1) is 29.3 Å². The number of nitrogens with one attached hydrogen (secondary N) is 1. The Morgan fingerprint density at radius 1 is 0.981 bits per heavy atom. The summed E-state index contributed by atoms with van der Waals surface area (Å²) in [6.07, 6.45) is 10.8. The van der Waals surface area contributed by atoms with Crippen LogP contribution in [0.25, 0.3) is 17.2 Å². The maximum absolute atomic E-state index is 13.8. The molecule has 53 heavy (non-hydrogen) atoms. The van der Waals surface area contributed by atoms with Crippen LogP contribution in [-0.4, -0.2) is 60.7 Å². The number of pyridine rings is 1. The zero-order valence-corrected chi connectivity index (χ0v) is 32.2. The first kappa shape index (κ1) is 38.4. The normalized spacial score (nSPS) is 16.3. The van der Waals surface area contributed by atoms with E-state index in [4.69, 9.17) is 14.2 Å². The second kappa shape index (κ2) is 19.1. The fraction of sp³-hybridized carbons (Fsp3) is 0.409. The van der Waals surface area contributed by atoms with E-state index in [1.807, 2.05) is 55.6 Å². The van der Waals surface area contributed by atoms with Crippen molar-refractivity contribution >= 4 is 34.2 Å². The molecule has 4 aromatic rings. The van der Waals surface area contributed by atoms with Crippen molar-refractivity contribution in [2.45, 2.75) is 82.5 Å². The van der Waals surface area contributed by atoms with E-state index in [9.17, 15) is 9.00 Å². The van der Waals surface area contributed by atoms with Crippen LogP contribution >= 0.6 is 0 Å². The molecule has 1 fully saturated rings. The highest BCUT2D eigenvalue weighted by Gasteiger charge is 2.24. The van der Waals surface area contributed by atoms with Crippen LogP contribution in [0, 0.1) is 6.92 Å². The molecule has 8 nitrogen and oxygen atoms in total. The minimum atomic E-state index is -1.23. The molecule has 2 aliphatic rings. The lowest BCUT2D eigenvalue weighted by molar-refractivity contribution is -0.112. The number of anilines is 2. The van der Waals surface area contributed by atoms with E-state index in [0.29, 0.717) is 31.1 Å². The highest BCUT2D eigenvalue weighted by atomic mass is 32.2. The van der Waals surface area contributed by atoms with E-state index in [1.54, 1.807) is 0 Å². The number of rotatable bonds is 16. The first-order valence-electron chi connectivity index (χ1n) is 19.2. The van der Waals surface area contributed by atoms with Crippen molar-refractivity contribution in [3.8, 4) is 16.9 Å². The number of carbonyl (C=O) groups excluding carboxylic acids is 1. The smallest absolute Gasteiger partial charge is 0.251 e. The van der Waals surface area contributed by atoms with Gasteiger partial charge in [-0.3, -0.25) is 14.0 Å². The number of carbonyl (C=O) groups is 1. The predicted octanol–water partition coefficient (Wildman–Crippen LogP) is 8.92. The van der Waals surface area contributed by atoms with E-state index in [2.05, 4.69) is 65.5 Å². The summed E-state index contributed by atoms with van der Waals surface area (Å²) >= 11 is 0. The van der Waals surface area contributed by atoms with Gasteiger partial charge in [-0.05, 0) is 134 Å². The number of fused-ring (bicyclic) bond motifs is 1. The predicted molar refractivity (Wildman–Crippen MR) is 215 cm³/mol. The summed E-state index contributed by atoms with van der Waals surface area (Å²) < 4.78 is 30.9. The third kappa shape index (κ3) is 10.4. The van der Waals surface area contributed by atoms with Crippen LogP contribution in [0.3, 0.4) is 0 Å². The van der Waals surface area contributed by atoms with Gasteiger partial charge in [0.25, 0.3) is 5.91 Å². The standard InChI is InChI=1S/C44H53N3O5S/c1-4-6-24-50-26-27-52-39-16-11-34(12-17-39)35-13-20-43-37(28-35)29-36(9-7-23-47(43)30-40-10-8-25-51-40)44(48)46-38-14-18-41(19-15-38)53(49)31-42-32(3)45-22-21-33(42)5-2/h11-22,28-29,40H,4-10,23-27,30-31H2,1-3H3,(H,46,48)/t40-,53-/m0/s1. The lowest BCUT2D eigenvalue weighted by Crippen LogP contribution is -2.34. The number of amides is 1. The van der Waals surface area contributed by atoms with Gasteiger partial charge in [-0.2, -0.15) is 0 Å². The molecule has 0 unspecified atom stereocenters. The third-order valence-corrected chi connectivity index (χ3v) is 11.4. The fourth-order valence-corrected chi connectivity index (χ4v) is 8.25.